The Kier molecular flexibility index (Phi) is 4.95. The summed E-state index contributed by atoms with van der Waals surface area (Å²) in [6.07, 6.45) is 0.635. The lowest BCUT2D eigenvalue weighted by Gasteiger charge is -2.08. The summed E-state index contributed by atoms with van der Waals surface area (Å²) in [6, 6.07) is 4.92. The van der Waals surface area contributed by atoms with Crippen molar-refractivity contribution < 1.29 is 9.53 Å². The van der Waals surface area contributed by atoms with Crippen molar-refractivity contribution in [2.24, 2.45) is 0 Å². The molecule has 0 aliphatic carbocycles. The second-order valence-corrected chi connectivity index (χ2v) is 3.73. The molecule has 1 aromatic rings. The normalized spacial score (nSPS) is 11.3. The maximum atomic E-state index is 10.7. The summed E-state index contributed by atoms with van der Waals surface area (Å²) in [5.74, 6) is 0.383. The first kappa shape index (κ1) is 12.4. The summed E-state index contributed by atoms with van der Waals surface area (Å²) in [7, 11) is 0. The molecule has 1 rings (SSSR count). The van der Waals surface area contributed by atoms with Crippen LogP contribution in [0.25, 0.3) is 0 Å². The molecule has 0 heterocycles. The number of hydrogen-bond acceptors (Lipinski definition) is 2. The van der Waals surface area contributed by atoms with E-state index in [9.17, 15) is 4.79 Å². The second kappa shape index (κ2) is 6.01. The molecule has 0 unspecified atom stereocenters. The number of ether oxygens (including phenoxy) is 1. The molecule has 80 valence electrons. The van der Waals surface area contributed by atoms with Gasteiger partial charge in [-0.1, -0.05) is 40.9 Å². The van der Waals surface area contributed by atoms with E-state index in [0.29, 0.717) is 27.7 Å². The molecule has 0 amide bonds. The number of carbonyl (C=O) groups excluding carboxylic acids is 1. The van der Waals surface area contributed by atoms with Gasteiger partial charge in [-0.3, -0.25) is 4.79 Å². The highest BCUT2D eigenvalue weighted by atomic mass is 35.5. The number of hydrogen-bond donors (Lipinski definition) is 0. The van der Waals surface area contributed by atoms with E-state index >= 15 is 0 Å². The maximum absolute atomic E-state index is 10.7. The lowest BCUT2D eigenvalue weighted by molar-refractivity contribution is 0.112. The quantitative estimate of drug-likeness (QED) is 0.773. The summed E-state index contributed by atoms with van der Waals surface area (Å²) in [5.41, 5.74) is 1.50. The van der Waals surface area contributed by atoms with E-state index in [2.05, 4.69) is 0 Å². The average Bonchev–Trinajstić information content (AvgIpc) is 2.25. The Balaban J connectivity index is 2.85. The SMILES string of the molecule is O=Cc1c(Cl)cccc1OCC(Cl)=CCl. The van der Waals surface area contributed by atoms with E-state index in [1.807, 2.05) is 0 Å². The van der Waals surface area contributed by atoms with Gasteiger partial charge in [0.05, 0.1) is 15.6 Å². The predicted octanol–water partition coefficient (Wildman–Crippen LogP) is 3.85. The fraction of sp³-hybridized carbons (Fsp3) is 0.100. The molecular formula is C10H7Cl3O2. The molecule has 0 spiro atoms. The van der Waals surface area contributed by atoms with E-state index < -0.39 is 0 Å². The summed E-state index contributed by atoms with van der Waals surface area (Å²) >= 11 is 16.8. The van der Waals surface area contributed by atoms with Gasteiger partial charge in [-0.25, -0.2) is 0 Å². The van der Waals surface area contributed by atoms with Gasteiger partial charge < -0.3 is 4.74 Å². The van der Waals surface area contributed by atoms with Crippen molar-refractivity contribution in [2.75, 3.05) is 6.61 Å². The van der Waals surface area contributed by atoms with Gasteiger partial charge >= 0.3 is 0 Å². The molecule has 5 heteroatoms. The van der Waals surface area contributed by atoms with Crippen LogP contribution in [0, 0.1) is 0 Å². The van der Waals surface area contributed by atoms with Gasteiger partial charge in [-0.05, 0) is 12.1 Å². The minimum absolute atomic E-state index is 0.103. The van der Waals surface area contributed by atoms with Crippen LogP contribution >= 0.6 is 34.8 Å². The second-order valence-electron chi connectivity index (χ2n) is 2.61. The van der Waals surface area contributed by atoms with Gasteiger partial charge in [0.25, 0.3) is 0 Å². The fourth-order valence-electron chi connectivity index (χ4n) is 0.936. The van der Waals surface area contributed by atoms with Crippen molar-refractivity contribution in [1.82, 2.24) is 0 Å². The highest BCUT2D eigenvalue weighted by molar-refractivity contribution is 6.36. The lowest BCUT2D eigenvalue weighted by atomic mass is 10.2. The first-order valence-corrected chi connectivity index (χ1v) is 5.19. The van der Waals surface area contributed by atoms with Gasteiger partial charge in [-0.15, -0.1) is 0 Å². The van der Waals surface area contributed by atoms with E-state index in [-0.39, 0.29) is 6.61 Å². The molecule has 0 saturated carbocycles. The van der Waals surface area contributed by atoms with Crippen LogP contribution in [-0.2, 0) is 0 Å². The molecule has 1 aromatic carbocycles. The van der Waals surface area contributed by atoms with Crippen molar-refractivity contribution in [3.63, 3.8) is 0 Å². The van der Waals surface area contributed by atoms with E-state index in [4.69, 9.17) is 39.5 Å². The van der Waals surface area contributed by atoms with Crippen LogP contribution in [0.15, 0.2) is 28.8 Å². The molecule has 0 atom stereocenters. The molecule has 0 aliphatic heterocycles. The van der Waals surface area contributed by atoms with Crippen LogP contribution in [0.2, 0.25) is 5.02 Å². The standard InChI is InChI=1S/C10H7Cl3O2/c11-4-7(12)6-15-10-3-1-2-9(13)8(10)5-14/h1-5H,6H2. The van der Waals surface area contributed by atoms with Crippen molar-refractivity contribution in [1.29, 1.82) is 0 Å². The van der Waals surface area contributed by atoms with Gasteiger partial charge in [0.2, 0.25) is 0 Å². The minimum atomic E-state index is 0.103. The first-order chi connectivity index (χ1) is 7.19. The van der Waals surface area contributed by atoms with E-state index in [0.717, 1.165) is 0 Å². The minimum Gasteiger partial charge on any atom is -0.487 e. The summed E-state index contributed by atoms with van der Waals surface area (Å²) < 4.78 is 5.26. The number of carbonyl (C=O) groups is 1. The van der Waals surface area contributed by atoms with Crippen LogP contribution in [0.4, 0.5) is 0 Å². The van der Waals surface area contributed by atoms with Gasteiger partial charge in [0, 0.05) is 5.54 Å². The Morgan fingerprint density at radius 3 is 2.80 bits per heavy atom. The Hall–Kier alpha value is -0.700. The highest BCUT2D eigenvalue weighted by Gasteiger charge is 2.07. The van der Waals surface area contributed by atoms with Crippen LogP contribution in [0.5, 0.6) is 5.75 Å². The van der Waals surface area contributed by atoms with Crippen LogP contribution in [0.3, 0.4) is 0 Å². The molecule has 0 radical (unpaired) electrons. The Morgan fingerprint density at radius 1 is 1.47 bits per heavy atom. The third-order valence-electron chi connectivity index (χ3n) is 1.61. The molecule has 0 bridgehead atoms. The Bertz CT molecular complexity index is 388. The zero-order valence-electron chi connectivity index (χ0n) is 7.54. The molecule has 15 heavy (non-hydrogen) atoms. The summed E-state index contributed by atoms with van der Waals surface area (Å²) in [5, 5.41) is 0.682. The number of benzene rings is 1. The topological polar surface area (TPSA) is 26.3 Å². The Labute approximate surface area is 102 Å². The monoisotopic (exact) mass is 264 g/mol. The van der Waals surface area contributed by atoms with Crippen molar-refractivity contribution in [3.8, 4) is 5.75 Å². The smallest absolute Gasteiger partial charge is 0.155 e. The lowest BCUT2D eigenvalue weighted by Crippen LogP contribution is -2.00. The molecule has 2 nitrogen and oxygen atoms in total. The zero-order chi connectivity index (χ0) is 11.3. The average molecular weight is 266 g/mol. The number of rotatable bonds is 4. The maximum Gasteiger partial charge on any atom is 0.155 e. The zero-order valence-corrected chi connectivity index (χ0v) is 9.81. The van der Waals surface area contributed by atoms with Crippen molar-refractivity contribution >= 4 is 41.1 Å². The fourth-order valence-corrected chi connectivity index (χ4v) is 1.26. The van der Waals surface area contributed by atoms with Crippen LogP contribution < -0.4 is 4.74 Å². The van der Waals surface area contributed by atoms with Crippen LogP contribution in [-0.4, -0.2) is 12.9 Å². The number of halogens is 3. The van der Waals surface area contributed by atoms with Gasteiger partial charge in [0.15, 0.2) is 6.29 Å². The highest BCUT2D eigenvalue weighted by Crippen LogP contribution is 2.25. The van der Waals surface area contributed by atoms with Crippen LogP contribution in [0.1, 0.15) is 10.4 Å². The summed E-state index contributed by atoms with van der Waals surface area (Å²) in [4.78, 5) is 10.7. The number of aldehydes is 1. The summed E-state index contributed by atoms with van der Waals surface area (Å²) in [6.45, 7) is 0.103. The van der Waals surface area contributed by atoms with Gasteiger partial charge in [-0.2, -0.15) is 0 Å². The van der Waals surface area contributed by atoms with Crippen molar-refractivity contribution in [3.05, 3.63) is 39.4 Å². The predicted molar refractivity (Wildman–Crippen MR) is 62.1 cm³/mol. The molecule has 0 aromatic heterocycles. The molecule has 0 fully saturated rings. The first-order valence-electron chi connectivity index (χ1n) is 4.00. The van der Waals surface area contributed by atoms with Crippen molar-refractivity contribution in [2.45, 2.75) is 0 Å². The van der Waals surface area contributed by atoms with E-state index in [1.54, 1.807) is 18.2 Å². The largest absolute Gasteiger partial charge is 0.487 e. The molecule has 0 saturated heterocycles. The third-order valence-corrected chi connectivity index (χ3v) is 2.54. The molecule has 0 aliphatic rings. The van der Waals surface area contributed by atoms with E-state index in [1.165, 1.54) is 5.54 Å². The molecular weight excluding hydrogens is 258 g/mol. The molecule has 0 N–H and O–H groups in total. The third kappa shape index (κ3) is 3.42. The Morgan fingerprint density at radius 2 is 2.20 bits per heavy atom. The van der Waals surface area contributed by atoms with Gasteiger partial charge in [0.1, 0.15) is 12.4 Å².